The molecule has 0 heteroatoms. The molecule has 4 aromatic rings. The number of hydrogen-bond acceptors (Lipinski definition) is 0. The molecule has 4 aromatic carbocycles. The maximum Gasteiger partial charge on any atom is -0.0238 e. The van der Waals surface area contributed by atoms with Crippen LogP contribution >= 0.6 is 0 Å². The highest BCUT2D eigenvalue weighted by atomic mass is 14.0. The van der Waals surface area contributed by atoms with E-state index in [1.165, 1.54) is 44.5 Å². The van der Waals surface area contributed by atoms with Crippen molar-refractivity contribution in [2.45, 2.75) is 25.7 Å². The highest BCUT2D eigenvalue weighted by molar-refractivity contribution is 5.70. The lowest BCUT2D eigenvalue weighted by molar-refractivity contribution is 0.960. The molecule has 0 heterocycles. The largest absolute Gasteiger partial charge is 0.0584 e. The first-order chi connectivity index (χ1) is 15.8. The fourth-order valence-electron chi connectivity index (χ4n) is 4.14. The smallest absolute Gasteiger partial charge is 0.0238 e. The highest BCUT2D eigenvalue weighted by Gasteiger charge is 2.00. The fourth-order valence-corrected chi connectivity index (χ4v) is 4.14. The average Bonchev–Trinajstić information content (AvgIpc) is 2.86. The Morgan fingerprint density at radius 2 is 0.438 bits per heavy atom. The van der Waals surface area contributed by atoms with Crippen molar-refractivity contribution >= 4 is 24.3 Å². The summed E-state index contributed by atoms with van der Waals surface area (Å²) in [4.78, 5) is 0. The second-order valence-corrected chi connectivity index (χ2v) is 8.63. The molecule has 0 saturated carbocycles. The lowest BCUT2D eigenvalue weighted by atomic mass is 10.0. The predicted octanol–water partition coefficient (Wildman–Crippen LogP) is 7.91. The summed E-state index contributed by atoms with van der Waals surface area (Å²) in [5.74, 6) is 0. The first kappa shape index (κ1) is 20.3. The van der Waals surface area contributed by atoms with E-state index in [0.29, 0.717) is 0 Å². The highest BCUT2D eigenvalue weighted by Crippen LogP contribution is 2.16. The van der Waals surface area contributed by atoms with Gasteiger partial charge in [-0.05, 0) is 70.2 Å². The van der Waals surface area contributed by atoms with Crippen molar-refractivity contribution in [1.82, 2.24) is 0 Å². The third-order valence-corrected chi connectivity index (χ3v) is 6.26. The number of rotatable bonds is 0. The number of aryl methyl sites for hydroxylation is 4. The van der Waals surface area contributed by atoms with Crippen LogP contribution in [0.3, 0.4) is 0 Å². The van der Waals surface area contributed by atoms with Crippen LogP contribution in [0.25, 0.3) is 24.3 Å². The Hall–Kier alpha value is -3.64. The van der Waals surface area contributed by atoms with Gasteiger partial charge in [-0.25, -0.2) is 0 Å². The van der Waals surface area contributed by atoms with E-state index in [9.17, 15) is 0 Å². The molecule has 0 saturated heterocycles. The molecular formula is C32H28. The van der Waals surface area contributed by atoms with Gasteiger partial charge in [0.2, 0.25) is 0 Å². The minimum atomic E-state index is 1.06. The van der Waals surface area contributed by atoms with E-state index in [0.717, 1.165) is 25.7 Å². The molecule has 0 N–H and O–H groups in total. The Labute approximate surface area is 191 Å². The van der Waals surface area contributed by atoms with Crippen LogP contribution < -0.4 is 0 Å². The zero-order valence-corrected chi connectivity index (χ0v) is 18.4. The normalized spacial score (nSPS) is 15.5. The van der Waals surface area contributed by atoms with Crippen molar-refractivity contribution in [3.63, 3.8) is 0 Å². The van der Waals surface area contributed by atoms with Crippen LogP contribution in [0, 0.1) is 0 Å². The Balaban J connectivity index is 1.41. The van der Waals surface area contributed by atoms with Crippen LogP contribution in [0.1, 0.15) is 44.5 Å². The summed E-state index contributed by atoms with van der Waals surface area (Å²) in [6.07, 6.45) is 13.0. The molecule has 0 atom stereocenters. The van der Waals surface area contributed by atoms with E-state index in [1.807, 2.05) is 0 Å². The summed E-state index contributed by atoms with van der Waals surface area (Å²) in [7, 11) is 0. The zero-order chi connectivity index (χ0) is 21.6. The average molecular weight is 413 g/mol. The molecule has 0 spiro atoms. The third kappa shape index (κ3) is 5.34. The molecule has 0 radical (unpaired) electrons. The van der Waals surface area contributed by atoms with Crippen LogP contribution in [0.5, 0.6) is 0 Å². The molecule has 0 aromatic heterocycles. The van der Waals surface area contributed by atoms with Crippen LogP contribution in [0.2, 0.25) is 0 Å². The summed E-state index contributed by atoms with van der Waals surface area (Å²) >= 11 is 0. The van der Waals surface area contributed by atoms with Gasteiger partial charge in [-0.1, -0.05) is 121 Å². The van der Waals surface area contributed by atoms with Crippen LogP contribution in [0.15, 0.2) is 97.1 Å². The van der Waals surface area contributed by atoms with Crippen molar-refractivity contribution in [2.75, 3.05) is 0 Å². The van der Waals surface area contributed by atoms with Gasteiger partial charge in [0, 0.05) is 0 Å². The van der Waals surface area contributed by atoms with Crippen molar-refractivity contribution in [3.8, 4) is 0 Å². The van der Waals surface area contributed by atoms with E-state index in [2.05, 4.69) is 121 Å². The molecule has 8 bridgehead atoms. The van der Waals surface area contributed by atoms with E-state index >= 15 is 0 Å². The molecule has 0 fully saturated rings. The molecule has 7 aliphatic rings. The number of benzene rings is 4. The summed E-state index contributed by atoms with van der Waals surface area (Å²) in [5, 5.41) is 0. The topological polar surface area (TPSA) is 0 Å². The Morgan fingerprint density at radius 1 is 0.250 bits per heavy atom. The van der Waals surface area contributed by atoms with Gasteiger partial charge in [-0.3, -0.25) is 0 Å². The van der Waals surface area contributed by atoms with Gasteiger partial charge in [0.1, 0.15) is 0 Å². The maximum atomic E-state index is 2.25. The van der Waals surface area contributed by atoms with E-state index in [4.69, 9.17) is 0 Å². The van der Waals surface area contributed by atoms with Crippen molar-refractivity contribution in [2.24, 2.45) is 0 Å². The number of hydrogen-bond donors (Lipinski definition) is 0. The predicted molar refractivity (Wildman–Crippen MR) is 138 cm³/mol. The quantitative estimate of drug-likeness (QED) is 0.275. The zero-order valence-electron chi connectivity index (χ0n) is 18.4. The Morgan fingerprint density at radius 3 is 0.625 bits per heavy atom. The van der Waals surface area contributed by atoms with Crippen molar-refractivity contribution in [3.05, 3.63) is 142 Å². The molecular weight excluding hydrogens is 384 g/mol. The first-order valence-corrected chi connectivity index (χ1v) is 11.5. The van der Waals surface area contributed by atoms with Gasteiger partial charge < -0.3 is 0 Å². The van der Waals surface area contributed by atoms with E-state index in [1.54, 1.807) is 0 Å². The van der Waals surface area contributed by atoms with Crippen LogP contribution in [0.4, 0.5) is 0 Å². The van der Waals surface area contributed by atoms with Gasteiger partial charge in [0.15, 0.2) is 0 Å². The SMILES string of the molecule is C1=C\c2ccc(cc2)CCc2ccc(cc2)/C=C\c2ccc(cc2)CCc2ccc/1cc2. The second-order valence-electron chi connectivity index (χ2n) is 8.63. The van der Waals surface area contributed by atoms with Crippen LogP contribution in [-0.2, 0) is 25.7 Å². The lowest BCUT2D eigenvalue weighted by Gasteiger charge is -2.05. The van der Waals surface area contributed by atoms with Gasteiger partial charge in [0.05, 0.1) is 0 Å². The molecule has 0 amide bonds. The van der Waals surface area contributed by atoms with Crippen molar-refractivity contribution < 1.29 is 0 Å². The van der Waals surface area contributed by atoms with E-state index < -0.39 is 0 Å². The van der Waals surface area contributed by atoms with Crippen LogP contribution in [-0.4, -0.2) is 0 Å². The lowest BCUT2D eigenvalue weighted by Crippen LogP contribution is -1.92. The molecule has 32 heavy (non-hydrogen) atoms. The second kappa shape index (κ2) is 9.66. The fraction of sp³-hybridized carbons (Fsp3) is 0.125. The molecule has 0 nitrogen and oxygen atoms in total. The summed E-state index contributed by atoms with van der Waals surface area (Å²) < 4.78 is 0. The molecule has 0 aliphatic heterocycles. The van der Waals surface area contributed by atoms with E-state index in [-0.39, 0.29) is 0 Å². The molecule has 156 valence electrons. The van der Waals surface area contributed by atoms with Gasteiger partial charge in [-0.15, -0.1) is 0 Å². The molecule has 0 unspecified atom stereocenters. The Bertz CT molecular complexity index is 1000. The van der Waals surface area contributed by atoms with Gasteiger partial charge in [-0.2, -0.15) is 0 Å². The monoisotopic (exact) mass is 412 g/mol. The minimum Gasteiger partial charge on any atom is -0.0584 e. The third-order valence-electron chi connectivity index (χ3n) is 6.26. The molecule has 7 aliphatic carbocycles. The minimum absolute atomic E-state index is 1.06. The standard InChI is InChI=1S/C32H28/c1-2-26-4-3-25(1)17-18-27-5-7-29(8-6-27)21-22-31-13-15-32(16-14-31)24-23-30-11-9-28(10-12-30)20-19-26/h1-18,23-24H,19-22H2/b18-17-,24-23-. The molecule has 11 rings (SSSR count). The Kier molecular flexibility index (Phi) is 6.12. The maximum absolute atomic E-state index is 2.25. The first-order valence-electron chi connectivity index (χ1n) is 11.5. The summed E-state index contributed by atoms with van der Waals surface area (Å²) in [6, 6.07) is 35.8. The summed E-state index contributed by atoms with van der Waals surface area (Å²) in [6.45, 7) is 0. The van der Waals surface area contributed by atoms with Gasteiger partial charge in [0.25, 0.3) is 0 Å². The summed E-state index contributed by atoms with van der Waals surface area (Å²) in [5.41, 5.74) is 10.5. The van der Waals surface area contributed by atoms with Gasteiger partial charge >= 0.3 is 0 Å². The van der Waals surface area contributed by atoms with Crippen molar-refractivity contribution in [1.29, 1.82) is 0 Å².